The summed E-state index contributed by atoms with van der Waals surface area (Å²) in [7, 11) is 0. The number of carboxylic acid groups (broad SMARTS) is 1. The predicted octanol–water partition coefficient (Wildman–Crippen LogP) is 12.2. The van der Waals surface area contributed by atoms with Gasteiger partial charge < -0.3 is 9.84 Å². The van der Waals surface area contributed by atoms with Crippen LogP contribution in [0.1, 0.15) is 187 Å². The van der Waals surface area contributed by atoms with E-state index in [1.165, 1.54) is 77.0 Å². The molecule has 0 amide bonds. The van der Waals surface area contributed by atoms with Crippen LogP contribution in [0.3, 0.4) is 0 Å². The molecule has 0 bridgehead atoms. The fourth-order valence-corrected chi connectivity index (χ4v) is 5.16. The zero-order chi connectivity index (χ0) is 30.8. The second kappa shape index (κ2) is 33.7. The molecule has 1 unspecified atom stereocenters. The summed E-state index contributed by atoms with van der Waals surface area (Å²) in [6.07, 6.45) is 42.9. The molecule has 0 radical (unpaired) electrons. The second-order valence-electron chi connectivity index (χ2n) is 12.0. The molecule has 1 N–H and O–H groups in total. The number of esters is 1. The summed E-state index contributed by atoms with van der Waals surface area (Å²) in [6, 6.07) is 0. The minimum Gasteiger partial charge on any atom is -0.481 e. The van der Waals surface area contributed by atoms with Crippen LogP contribution in [0.2, 0.25) is 0 Å². The topological polar surface area (TPSA) is 63.6 Å². The first-order chi connectivity index (χ1) is 20.6. The van der Waals surface area contributed by atoms with Crippen LogP contribution in [0, 0.1) is 0 Å². The Balaban J connectivity index is 4.14. The molecule has 1 atom stereocenters. The van der Waals surface area contributed by atoms with Gasteiger partial charge >= 0.3 is 11.9 Å². The summed E-state index contributed by atoms with van der Waals surface area (Å²) in [5.74, 6) is -0.736. The number of ether oxygens (including phenoxy) is 1. The predicted molar refractivity (Wildman–Crippen MR) is 181 cm³/mol. The summed E-state index contributed by atoms with van der Waals surface area (Å²) in [6.45, 7) is 4.47. The van der Waals surface area contributed by atoms with Crippen LogP contribution in [0.4, 0.5) is 0 Å². The highest BCUT2D eigenvalue weighted by molar-refractivity contribution is 5.69. The molecule has 0 aliphatic rings. The third kappa shape index (κ3) is 32.7. The average Bonchev–Trinajstić information content (AvgIpc) is 2.97. The van der Waals surface area contributed by atoms with E-state index in [1.54, 1.807) is 0 Å². The van der Waals surface area contributed by atoms with Crippen molar-refractivity contribution in [3.05, 3.63) is 36.5 Å². The van der Waals surface area contributed by atoms with Gasteiger partial charge in [0.25, 0.3) is 0 Å². The van der Waals surface area contributed by atoms with E-state index in [0.717, 1.165) is 83.5 Å². The largest absolute Gasteiger partial charge is 0.481 e. The van der Waals surface area contributed by atoms with Crippen molar-refractivity contribution in [1.82, 2.24) is 0 Å². The first-order valence-corrected chi connectivity index (χ1v) is 18.0. The smallest absolute Gasteiger partial charge is 0.306 e. The van der Waals surface area contributed by atoms with E-state index in [9.17, 15) is 9.59 Å². The first-order valence-electron chi connectivity index (χ1n) is 18.0. The molecule has 42 heavy (non-hydrogen) atoms. The molecule has 0 aromatic heterocycles. The van der Waals surface area contributed by atoms with Crippen molar-refractivity contribution >= 4 is 11.9 Å². The maximum atomic E-state index is 12.6. The molecule has 0 saturated heterocycles. The van der Waals surface area contributed by atoms with Crippen LogP contribution in [-0.2, 0) is 14.3 Å². The van der Waals surface area contributed by atoms with Crippen molar-refractivity contribution in [2.45, 2.75) is 193 Å². The van der Waals surface area contributed by atoms with Crippen LogP contribution < -0.4 is 0 Å². The Morgan fingerprint density at radius 1 is 0.524 bits per heavy atom. The normalized spacial score (nSPS) is 12.6. The summed E-state index contributed by atoms with van der Waals surface area (Å²) >= 11 is 0. The number of carboxylic acids is 1. The molecular formula is C38H68O4. The number of allylic oxidation sites excluding steroid dienone is 6. The zero-order valence-corrected chi connectivity index (χ0v) is 27.8. The van der Waals surface area contributed by atoms with Gasteiger partial charge in [-0.05, 0) is 83.5 Å². The number of unbranched alkanes of at least 4 members (excludes halogenated alkanes) is 17. The van der Waals surface area contributed by atoms with Crippen molar-refractivity contribution < 1.29 is 19.4 Å². The quantitative estimate of drug-likeness (QED) is 0.0482. The second-order valence-corrected chi connectivity index (χ2v) is 12.0. The number of aliphatic carboxylic acids is 1. The Morgan fingerprint density at radius 3 is 1.62 bits per heavy atom. The lowest BCUT2D eigenvalue weighted by atomic mass is 10.0. The molecule has 0 aliphatic heterocycles. The highest BCUT2D eigenvalue weighted by Gasteiger charge is 2.14. The Bertz CT molecular complexity index is 679. The van der Waals surface area contributed by atoms with Crippen LogP contribution in [-0.4, -0.2) is 23.1 Å². The molecule has 0 rings (SSSR count). The molecule has 0 fully saturated rings. The van der Waals surface area contributed by atoms with E-state index in [-0.39, 0.29) is 18.5 Å². The van der Waals surface area contributed by atoms with Gasteiger partial charge in [0.15, 0.2) is 0 Å². The van der Waals surface area contributed by atoms with Crippen molar-refractivity contribution in [2.24, 2.45) is 0 Å². The van der Waals surface area contributed by atoms with Crippen LogP contribution >= 0.6 is 0 Å². The van der Waals surface area contributed by atoms with Crippen LogP contribution in [0.25, 0.3) is 0 Å². The molecule has 0 aliphatic carbocycles. The number of rotatable bonds is 32. The lowest BCUT2D eigenvalue weighted by Crippen LogP contribution is -2.18. The third-order valence-electron chi connectivity index (χ3n) is 7.82. The Hall–Kier alpha value is -1.84. The van der Waals surface area contributed by atoms with Gasteiger partial charge in [-0.2, -0.15) is 0 Å². The lowest BCUT2D eigenvalue weighted by molar-refractivity contribution is -0.150. The third-order valence-corrected chi connectivity index (χ3v) is 7.82. The van der Waals surface area contributed by atoms with Gasteiger partial charge in [0.2, 0.25) is 0 Å². The van der Waals surface area contributed by atoms with Gasteiger partial charge in [-0.3, -0.25) is 9.59 Å². The van der Waals surface area contributed by atoms with E-state index in [0.29, 0.717) is 6.42 Å². The van der Waals surface area contributed by atoms with Gasteiger partial charge in [-0.15, -0.1) is 0 Å². The molecule has 0 saturated carbocycles. The number of carbonyl (C=O) groups is 2. The van der Waals surface area contributed by atoms with E-state index >= 15 is 0 Å². The van der Waals surface area contributed by atoms with E-state index in [4.69, 9.17) is 9.84 Å². The SMILES string of the molecule is CCC/C=C\C/C=C\CCCCCCCC(=O)OC(CCC/C=C\CCCCCCCC)CCCCCCCC(=O)O. The summed E-state index contributed by atoms with van der Waals surface area (Å²) < 4.78 is 5.95. The first kappa shape index (κ1) is 40.2. The monoisotopic (exact) mass is 589 g/mol. The number of carbonyl (C=O) groups excluding carboxylic acids is 1. The van der Waals surface area contributed by atoms with E-state index in [2.05, 4.69) is 50.3 Å². The van der Waals surface area contributed by atoms with Gasteiger partial charge in [0.1, 0.15) is 6.10 Å². The fraction of sp³-hybridized carbons (Fsp3) is 0.789. The van der Waals surface area contributed by atoms with Crippen molar-refractivity contribution in [1.29, 1.82) is 0 Å². The maximum Gasteiger partial charge on any atom is 0.306 e. The molecule has 4 nitrogen and oxygen atoms in total. The Morgan fingerprint density at radius 2 is 1.00 bits per heavy atom. The van der Waals surface area contributed by atoms with E-state index in [1.807, 2.05) is 0 Å². The van der Waals surface area contributed by atoms with Gasteiger partial charge in [-0.25, -0.2) is 0 Å². The van der Waals surface area contributed by atoms with Gasteiger partial charge in [-0.1, -0.05) is 127 Å². The van der Waals surface area contributed by atoms with Gasteiger partial charge in [0.05, 0.1) is 0 Å². The van der Waals surface area contributed by atoms with E-state index < -0.39 is 5.97 Å². The molecule has 0 aromatic carbocycles. The molecule has 0 aromatic rings. The highest BCUT2D eigenvalue weighted by Crippen LogP contribution is 2.17. The molecule has 0 heterocycles. The molecule has 0 spiro atoms. The van der Waals surface area contributed by atoms with Crippen LogP contribution in [0.5, 0.6) is 0 Å². The van der Waals surface area contributed by atoms with Crippen LogP contribution in [0.15, 0.2) is 36.5 Å². The Kier molecular flexibility index (Phi) is 32.2. The molecule has 4 heteroatoms. The molecule has 244 valence electrons. The highest BCUT2D eigenvalue weighted by atomic mass is 16.5. The van der Waals surface area contributed by atoms with Crippen molar-refractivity contribution in [3.8, 4) is 0 Å². The maximum absolute atomic E-state index is 12.6. The summed E-state index contributed by atoms with van der Waals surface area (Å²) in [5.41, 5.74) is 0. The van der Waals surface area contributed by atoms with Crippen molar-refractivity contribution in [2.75, 3.05) is 0 Å². The summed E-state index contributed by atoms with van der Waals surface area (Å²) in [4.78, 5) is 23.3. The minimum absolute atomic E-state index is 0.0205. The lowest BCUT2D eigenvalue weighted by Gasteiger charge is -2.18. The standard InChI is InChI=1S/C38H68O4/c1-3-5-7-9-11-13-15-16-18-20-22-27-31-35-38(41)42-36(33-29-25-23-26-30-34-37(39)40)32-28-24-21-19-17-14-12-10-8-6-4-2/h7,9,13,15,19,21,36H,3-6,8,10-12,14,16-18,20,22-35H2,1-2H3,(H,39,40)/b9-7-,15-13-,21-19-. The minimum atomic E-state index is -0.707. The van der Waals surface area contributed by atoms with Crippen molar-refractivity contribution in [3.63, 3.8) is 0 Å². The Labute approximate surface area is 260 Å². The fourth-order valence-electron chi connectivity index (χ4n) is 5.16. The number of hydrogen-bond acceptors (Lipinski definition) is 3. The molecular weight excluding hydrogens is 520 g/mol. The zero-order valence-electron chi connectivity index (χ0n) is 27.8. The number of hydrogen-bond donors (Lipinski definition) is 1. The van der Waals surface area contributed by atoms with Gasteiger partial charge in [0, 0.05) is 12.8 Å². The summed E-state index contributed by atoms with van der Waals surface area (Å²) in [5, 5.41) is 8.79. The average molecular weight is 589 g/mol.